The molecule has 0 spiro atoms. The molecule has 0 fully saturated rings. The van der Waals surface area contributed by atoms with Gasteiger partial charge in [0.05, 0.1) is 0 Å². The Labute approximate surface area is 250 Å². The Morgan fingerprint density at radius 1 is 0.900 bits per heavy atom. The van der Waals surface area contributed by atoms with Crippen molar-refractivity contribution in [2.24, 2.45) is 10.8 Å². The van der Waals surface area contributed by atoms with Crippen LogP contribution in [0.1, 0.15) is 66.9 Å². The van der Waals surface area contributed by atoms with Gasteiger partial charge in [-0.05, 0) is 11.5 Å². The minimum Gasteiger partial charge on any atom is -0.512 e. The first-order valence-corrected chi connectivity index (χ1v) is 13.3. The predicted octanol–water partition coefficient (Wildman–Crippen LogP) is 9.21. The van der Waals surface area contributed by atoms with Crippen LogP contribution in [0.15, 0.2) is 77.2 Å². The molecule has 0 aliphatic heterocycles. The molecule has 0 unspecified atom stereocenters. The fourth-order valence-electron chi connectivity index (χ4n) is 4.00. The number of aliphatic hydroxyl groups is 1. The van der Waals surface area contributed by atoms with Crippen molar-refractivity contribution in [1.82, 2.24) is 9.97 Å². The van der Waals surface area contributed by atoms with E-state index in [1.807, 2.05) is 59.7 Å². The zero-order chi connectivity index (χ0) is 28.5. The van der Waals surface area contributed by atoms with Gasteiger partial charge in [0.15, 0.2) is 5.78 Å². The smallest absolute Gasteiger partial charge is 0.164 e. The van der Waals surface area contributed by atoms with Gasteiger partial charge < -0.3 is 9.52 Å². The van der Waals surface area contributed by atoms with Gasteiger partial charge in [0, 0.05) is 53.5 Å². The standard InChI is InChI=1S/C23H17N2O.C11H20O2.Ir/c1-14(2)15-7-9-17(10-8-15)20-23-21(25-13-24-20)19-12-11-16-5-3-4-6-18(16)22(19)26-23;1-10(2,3)8(12)7-9(13)11(4,5)6;/h3-9,11-14H,1-2H3;7,12H,1-6H3;/q-1;;/b;8-7-;. The van der Waals surface area contributed by atoms with Crippen molar-refractivity contribution >= 4 is 38.6 Å². The first-order valence-electron chi connectivity index (χ1n) is 13.3. The van der Waals surface area contributed by atoms with Crippen LogP contribution >= 0.6 is 0 Å². The van der Waals surface area contributed by atoms with E-state index in [1.54, 1.807) is 6.33 Å². The first-order chi connectivity index (χ1) is 18.3. The number of hydrogen-bond donors (Lipinski definition) is 1. The van der Waals surface area contributed by atoms with Crippen LogP contribution < -0.4 is 0 Å². The number of carbonyl (C=O) groups is 1. The van der Waals surface area contributed by atoms with Crippen LogP contribution in [0.3, 0.4) is 0 Å². The number of ketones is 1. The molecule has 0 atom stereocenters. The molecule has 211 valence electrons. The molecule has 1 radical (unpaired) electrons. The normalized spacial score (nSPS) is 12.4. The third-order valence-electron chi connectivity index (χ3n) is 6.68. The summed E-state index contributed by atoms with van der Waals surface area (Å²) in [5.74, 6) is 0.579. The fraction of sp³-hybridized carbons (Fsp3) is 0.324. The van der Waals surface area contributed by atoms with Gasteiger partial charge >= 0.3 is 0 Å². The van der Waals surface area contributed by atoms with E-state index in [9.17, 15) is 9.90 Å². The summed E-state index contributed by atoms with van der Waals surface area (Å²) in [6, 6.07) is 22.0. The number of hydrogen-bond acceptors (Lipinski definition) is 5. The number of carbonyl (C=O) groups excluding carboxylic acids is 1. The van der Waals surface area contributed by atoms with Crippen molar-refractivity contribution < 1.29 is 34.4 Å². The average Bonchev–Trinajstić information content (AvgIpc) is 3.27. The van der Waals surface area contributed by atoms with Gasteiger partial charge in [0.1, 0.15) is 28.8 Å². The van der Waals surface area contributed by atoms with Crippen molar-refractivity contribution in [2.75, 3.05) is 0 Å². The number of furan rings is 1. The van der Waals surface area contributed by atoms with Crippen molar-refractivity contribution in [3.63, 3.8) is 0 Å². The number of aromatic nitrogens is 2. The molecule has 40 heavy (non-hydrogen) atoms. The maximum absolute atomic E-state index is 11.5. The van der Waals surface area contributed by atoms with Gasteiger partial charge in [-0.15, -0.1) is 35.4 Å². The monoisotopic (exact) mass is 714 g/mol. The fourth-order valence-corrected chi connectivity index (χ4v) is 4.00. The van der Waals surface area contributed by atoms with E-state index in [2.05, 4.69) is 66.3 Å². The second-order valence-corrected chi connectivity index (χ2v) is 12.2. The summed E-state index contributed by atoms with van der Waals surface area (Å²) in [5.41, 5.74) is 4.62. The second-order valence-electron chi connectivity index (χ2n) is 12.2. The van der Waals surface area contributed by atoms with Crippen LogP contribution in [0.4, 0.5) is 0 Å². The summed E-state index contributed by atoms with van der Waals surface area (Å²) < 4.78 is 6.28. The van der Waals surface area contributed by atoms with Gasteiger partial charge in [0.2, 0.25) is 0 Å². The molecule has 5 rings (SSSR count). The minimum atomic E-state index is -0.417. The zero-order valence-corrected chi connectivity index (χ0v) is 26.8. The molecule has 2 heterocycles. The Kier molecular flexibility index (Phi) is 9.38. The van der Waals surface area contributed by atoms with Gasteiger partial charge in [-0.1, -0.05) is 91.6 Å². The third kappa shape index (κ3) is 6.68. The average molecular weight is 714 g/mol. The Bertz CT molecular complexity index is 1670. The molecule has 0 aliphatic carbocycles. The molecule has 5 aromatic rings. The quantitative estimate of drug-likeness (QED) is 0.115. The maximum atomic E-state index is 11.5. The summed E-state index contributed by atoms with van der Waals surface area (Å²) in [6.07, 6.45) is 2.94. The van der Waals surface area contributed by atoms with E-state index in [0.29, 0.717) is 11.5 Å². The molecule has 0 amide bonds. The number of aliphatic hydroxyl groups excluding tert-OH is 1. The van der Waals surface area contributed by atoms with Crippen LogP contribution in [0.2, 0.25) is 0 Å². The van der Waals surface area contributed by atoms with Gasteiger partial charge in [-0.3, -0.25) is 9.78 Å². The van der Waals surface area contributed by atoms with Crippen LogP contribution in [-0.4, -0.2) is 20.9 Å². The predicted molar refractivity (Wildman–Crippen MR) is 160 cm³/mol. The van der Waals surface area contributed by atoms with Crippen molar-refractivity contribution in [3.05, 3.63) is 84.4 Å². The molecule has 2 aromatic heterocycles. The summed E-state index contributed by atoms with van der Waals surface area (Å²) in [4.78, 5) is 20.5. The van der Waals surface area contributed by atoms with E-state index in [4.69, 9.17) is 4.42 Å². The summed E-state index contributed by atoms with van der Waals surface area (Å²) in [6.45, 7) is 15.5. The van der Waals surface area contributed by atoms with E-state index in [0.717, 1.165) is 38.5 Å². The number of nitrogens with zero attached hydrogens (tertiary/aromatic N) is 2. The molecule has 6 heteroatoms. The second kappa shape index (κ2) is 12.0. The van der Waals surface area contributed by atoms with E-state index < -0.39 is 5.41 Å². The topological polar surface area (TPSA) is 76.2 Å². The molecular formula is C34H37IrN2O3-. The minimum absolute atomic E-state index is 0. The van der Waals surface area contributed by atoms with Crippen LogP contribution in [0.25, 0.3) is 44.1 Å². The van der Waals surface area contributed by atoms with Gasteiger partial charge in [-0.25, -0.2) is 4.98 Å². The Balaban J connectivity index is 0.000000272. The molecule has 5 nitrogen and oxygen atoms in total. The Morgan fingerprint density at radius 3 is 2.20 bits per heavy atom. The van der Waals surface area contributed by atoms with Crippen molar-refractivity contribution in [2.45, 2.75) is 61.3 Å². The van der Waals surface area contributed by atoms with Gasteiger partial charge in [-0.2, -0.15) is 0 Å². The summed E-state index contributed by atoms with van der Waals surface area (Å²) in [5, 5.41) is 12.8. The summed E-state index contributed by atoms with van der Waals surface area (Å²) in [7, 11) is 0. The number of fused-ring (bicyclic) bond motifs is 5. The summed E-state index contributed by atoms with van der Waals surface area (Å²) >= 11 is 0. The maximum Gasteiger partial charge on any atom is 0.164 e. The molecule has 0 saturated carbocycles. The van der Waals surface area contributed by atoms with Crippen LogP contribution in [0, 0.1) is 16.9 Å². The SMILES string of the molecule is CC(C)(C)C(=O)/C=C(\O)C(C)(C)C.CC(C)c1c[c-]c(-c2ncnc3c2oc2c4ccccc4ccc32)cc1.[Ir]. The number of benzene rings is 3. The molecule has 0 saturated heterocycles. The number of rotatable bonds is 3. The Morgan fingerprint density at radius 2 is 1.60 bits per heavy atom. The van der Waals surface area contributed by atoms with E-state index >= 15 is 0 Å². The Hall–Kier alpha value is -3.34. The van der Waals surface area contributed by atoms with E-state index in [-0.39, 0.29) is 37.1 Å². The molecule has 1 N–H and O–H groups in total. The largest absolute Gasteiger partial charge is 0.512 e. The molecule has 3 aromatic carbocycles. The molecule has 0 bridgehead atoms. The molecular weight excluding hydrogens is 677 g/mol. The first kappa shape index (κ1) is 31.2. The zero-order valence-electron chi connectivity index (χ0n) is 24.4. The van der Waals surface area contributed by atoms with E-state index in [1.165, 1.54) is 11.6 Å². The molecule has 0 aliphatic rings. The van der Waals surface area contributed by atoms with Gasteiger partial charge in [0.25, 0.3) is 0 Å². The van der Waals surface area contributed by atoms with Crippen LogP contribution in [-0.2, 0) is 24.9 Å². The van der Waals surface area contributed by atoms with Crippen molar-refractivity contribution in [3.8, 4) is 11.3 Å². The van der Waals surface area contributed by atoms with Crippen LogP contribution in [0.5, 0.6) is 0 Å². The third-order valence-corrected chi connectivity index (χ3v) is 6.68. The van der Waals surface area contributed by atoms with Crippen molar-refractivity contribution in [1.29, 1.82) is 0 Å². The number of allylic oxidation sites excluding steroid dienone is 2.